The first-order valence-electron chi connectivity index (χ1n) is 13.9. The summed E-state index contributed by atoms with van der Waals surface area (Å²) in [5.74, 6) is 0.333. The fraction of sp³-hybridized carbons (Fsp3) is 0.394. The van der Waals surface area contributed by atoms with Crippen LogP contribution in [0, 0.1) is 20.8 Å². The van der Waals surface area contributed by atoms with Crippen molar-refractivity contribution in [2.24, 2.45) is 0 Å². The van der Waals surface area contributed by atoms with Crippen molar-refractivity contribution in [1.29, 1.82) is 0 Å². The van der Waals surface area contributed by atoms with Crippen molar-refractivity contribution < 1.29 is 14.3 Å². The highest BCUT2D eigenvalue weighted by molar-refractivity contribution is 9.10. The smallest absolute Gasteiger partial charge is 0.261 e. The van der Waals surface area contributed by atoms with Crippen LogP contribution in [-0.4, -0.2) is 35.4 Å². The summed E-state index contributed by atoms with van der Waals surface area (Å²) < 4.78 is 7.05. The topological polar surface area (TPSA) is 58.6 Å². The first kappa shape index (κ1) is 28.9. The molecule has 1 saturated carbocycles. The zero-order valence-corrected chi connectivity index (χ0v) is 24.8. The van der Waals surface area contributed by atoms with E-state index in [1.165, 1.54) is 6.42 Å². The summed E-state index contributed by atoms with van der Waals surface area (Å²) in [5.41, 5.74) is 5.21. The Morgan fingerprint density at radius 1 is 0.923 bits per heavy atom. The second-order valence-corrected chi connectivity index (χ2v) is 11.5. The lowest BCUT2D eigenvalue weighted by Crippen LogP contribution is -2.53. The standard InChI is InChI=1S/C33H39BrN2O3/c1-23-11-10-14-27(17-23)21-36(31(37)22-39-29-18-24(2)32(34)25(3)19-29)30(20-26-12-6-4-7-13-26)33(38)35-28-15-8-5-9-16-28/h4,6-7,10-14,17-19,28,30H,5,8-9,15-16,20-22H2,1-3H3,(H,35,38)/t30-/m0/s1. The molecule has 0 radical (unpaired) electrons. The van der Waals surface area contributed by atoms with Crippen molar-refractivity contribution in [3.63, 3.8) is 0 Å². The van der Waals surface area contributed by atoms with Crippen molar-refractivity contribution in [2.75, 3.05) is 6.61 Å². The second kappa shape index (κ2) is 13.8. The monoisotopic (exact) mass is 590 g/mol. The fourth-order valence-corrected chi connectivity index (χ4v) is 5.55. The van der Waals surface area contributed by atoms with E-state index >= 15 is 0 Å². The lowest BCUT2D eigenvalue weighted by Gasteiger charge is -2.33. The van der Waals surface area contributed by atoms with Crippen LogP contribution < -0.4 is 10.1 Å². The number of hydrogen-bond donors (Lipinski definition) is 1. The molecule has 3 aromatic carbocycles. The van der Waals surface area contributed by atoms with E-state index in [2.05, 4.69) is 27.3 Å². The maximum absolute atomic E-state index is 13.9. The lowest BCUT2D eigenvalue weighted by molar-refractivity contribution is -0.143. The zero-order valence-electron chi connectivity index (χ0n) is 23.2. The van der Waals surface area contributed by atoms with Gasteiger partial charge in [-0.1, -0.05) is 95.4 Å². The van der Waals surface area contributed by atoms with Gasteiger partial charge < -0.3 is 15.0 Å². The average molecular weight is 592 g/mol. The molecule has 1 fully saturated rings. The van der Waals surface area contributed by atoms with E-state index < -0.39 is 6.04 Å². The van der Waals surface area contributed by atoms with E-state index in [0.29, 0.717) is 18.7 Å². The number of ether oxygens (including phenoxy) is 1. The predicted molar refractivity (Wildman–Crippen MR) is 160 cm³/mol. The van der Waals surface area contributed by atoms with Crippen LogP contribution in [0.25, 0.3) is 0 Å². The Morgan fingerprint density at radius 2 is 1.59 bits per heavy atom. The third kappa shape index (κ3) is 8.18. The van der Waals surface area contributed by atoms with Gasteiger partial charge in [0.25, 0.3) is 5.91 Å². The molecule has 0 unspecified atom stereocenters. The van der Waals surface area contributed by atoms with Crippen molar-refractivity contribution >= 4 is 27.7 Å². The van der Waals surface area contributed by atoms with Crippen LogP contribution in [-0.2, 0) is 22.6 Å². The molecule has 6 heteroatoms. The first-order chi connectivity index (χ1) is 18.8. The van der Waals surface area contributed by atoms with E-state index in [0.717, 1.165) is 58.0 Å². The quantitative estimate of drug-likeness (QED) is 0.281. The number of nitrogens with one attached hydrogen (secondary N) is 1. The third-order valence-corrected chi connectivity index (χ3v) is 8.68. The third-order valence-electron chi connectivity index (χ3n) is 7.43. The summed E-state index contributed by atoms with van der Waals surface area (Å²) in [4.78, 5) is 29.5. The molecule has 4 rings (SSSR count). The normalized spacial score (nSPS) is 14.5. The van der Waals surface area contributed by atoms with E-state index in [9.17, 15) is 9.59 Å². The molecule has 1 aliphatic rings. The summed E-state index contributed by atoms with van der Waals surface area (Å²) >= 11 is 3.59. The highest BCUT2D eigenvalue weighted by Crippen LogP contribution is 2.27. The number of rotatable bonds is 10. The Hall–Kier alpha value is -3.12. The van der Waals surface area contributed by atoms with Gasteiger partial charge in [-0.3, -0.25) is 9.59 Å². The van der Waals surface area contributed by atoms with Crippen LogP contribution >= 0.6 is 15.9 Å². The van der Waals surface area contributed by atoms with Gasteiger partial charge in [0.15, 0.2) is 6.61 Å². The van der Waals surface area contributed by atoms with Crippen LogP contribution in [0.3, 0.4) is 0 Å². The van der Waals surface area contributed by atoms with Gasteiger partial charge in [0, 0.05) is 23.5 Å². The van der Waals surface area contributed by atoms with Crippen molar-refractivity contribution in [1.82, 2.24) is 10.2 Å². The Balaban J connectivity index is 1.62. The van der Waals surface area contributed by atoms with E-state index in [4.69, 9.17) is 4.74 Å². The van der Waals surface area contributed by atoms with Crippen LogP contribution in [0.2, 0.25) is 0 Å². The molecule has 1 atom stereocenters. The average Bonchev–Trinajstić information content (AvgIpc) is 2.93. The molecule has 0 spiro atoms. The highest BCUT2D eigenvalue weighted by Gasteiger charge is 2.32. The number of halogens is 1. The predicted octanol–water partition coefficient (Wildman–Crippen LogP) is 6.84. The number of nitrogens with zero attached hydrogens (tertiary/aromatic N) is 1. The summed E-state index contributed by atoms with van der Waals surface area (Å²) in [6.45, 7) is 6.23. The molecule has 0 aliphatic heterocycles. The minimum Gasteiger partial charge on any atom is -0.484 e. The van der Waals surface area contributed by atoms with Gasteiger partial charge in [-0.2, -0.15) is 0 Å². The van der Waals surface area contributed by atoms with E-state index in [1.54, 1.807) is 4.90 Å². The van der Waals surface area contributed by atoms with Gasteiger partial charge in [0.05, 0.1) is 0 Å². The van der Waals surface area contributed by atoms with Crippen LogP contribution in [0.4, 0.5) is 0 Å². The lowest BCUT2D eigenvalue weighted by atomic mass is 9.94. The Morgan fingerprint density at radius 3 is 2.26 bits per heavy atom. The van der Waals surface area contributed by atoms with Crippen molar-refractivity contribution in [3.8, 4) is 5.75 Å². The van der Waals surface area contributed by atoms with Gasteiger partial charge in [-0.15, -0.1) is 0 Å². The maximum atomic E-state index is 13.9. The summed E-state index contributed by atoms with van der Waals surface area (Å²) in [5, 5.41) is 3.29. The zero-order chi connectivity index (χ0) is 27.8. The molecule has 2 amide bonds. The molecule has 1 N–H and O–H groups in total. The number of aryl methyl sites for hydroxylation is 3. The maximum Gasteiger partial charge on any atom is 0.261 e. The number of carbonyl (C=O) groups excluding carboxylic acids is 2. The van der Waals surface area contributed by atoms with E-state index in [1.807, 2.05) is 81.4 Å². The molecule has 0 bridgehead atoms. The number of amides is 2. The Bertz CT molecular complexity index is 1250. The van der Waals surface area contributed by atoms with Gasteiger partial charge in [0.2, 0.25) is 5.91 Å². The second-order valence-electron chi connectivity index (χ2n) is 10.7. The molecule has 206 valence electrons. The molecule has 3 aromatic rings. The fourth-order valence-electron chi connectivity index (χ4n) is 5.32. The van der Waals surface area contributed by atoms with Crippen LogP contribution in [0.15, 0.2) is 71.2 Å². The minimum absolute atomic E-state index is 0.0953. The first-order valence-corrected chi connectivity index (χ1v) is 14.7. The molecule has 39 heavy (non-hydrogen) atoms. The van der Waals surface area contributed by atoms with Gasteiger partial charge in [0.1, 0.15) is 11.8 Å². The van der Waals surface area contributed by atoms with E-state index in [-0.39, 0.29) is 24.5 Å². The van der Waals surface area contributed by atoms with Crippen molar-refractivity contribution in [3.05, 3.63) is 99.0 Å². The highest BCUT2D eigenvalue weighted by atomic mass is 79.9. The molecule has 0 saturated heterocycles. The Labute approximate surface area is 241 Å². The van der Waals surface area contributed by atoms with Crippen LogP contribution in [0.5, 0.6) is 5.75 Å². The summed E-state index contributed by atoms with van der Waals surface area (Å²) in [6, 6.07) is 21.4. The molecule has 0 aromatic heterocycles. The van der Waals surface area contributed by atoms with Gasteiger partial charge >= 0.3 is 0 Å². The summed E-state index contributed by atoms with van der Waals surface area (Å²) in [7, 11) is 0. The largest absolute Gasteiger partial charge is 0.484 e. The minimum atomic E-state index is -0.653. The van der Waals surface area contributed by atoms with Gasteiger partial charge in [-0.05, 0) is 68.0 Å². The molecule has 1 aliphatic carbocycles. The SMILES string of the molecule is Cc1cccc(CN(C(=O)COc2cc(C)c(Br)c(C)c2)[C@@H](Cc2ccccc2)C(=O)NC2CCCCC2)c1. The molecule has 0 heterocycles. The van der Waals surface area contributed by atoms with Crippen molar-refractivity contribution in [2.45, 2.75) is 77.9 Å². The molecular weight excluding hydrogens is 552 g/mol. The number of hydrogen-bond acceptors (Lipinski definition) is 3. The molecule has 5 nitrogen and oxygen atoms in total. The Kier molecular flexibility index (Phi) is 10.2. The number of carbonyl (C=O) groups is 2. The summed E-state index contributed by atoms with van der Waals surface area (Å²) in [6.07, 6.45) is 5.87. The van der Waals surface area contributed by atoms with Gasteiger partial charge in [-0.25, -0.2) is 0 Å². The van der Waals surface area contributed by atoms with Crippen LogP contribution in [0.1, 0.15) is 59.9 Å². The number of benzene rings is 3. The molecular formula is C33H39BrN2O3.